The van der Waals surface area contributed by atoms with E-state index in [0.29, 0.717) is 28.1 Å². The molecule has 6 nitrogen and oxygen atoms in total. The predicted octanol–water partition coefficient (Wildman–Crippen LogP) is 1.25. The van der Waals surface area contributed by atoms with E-state index in [1.54, 1.807) is 6.92 Å². The van der Waals surface area contributed by atoms with Crippen LogP contribution in [0.5, 0.6) is 0 Å². The van der Waals surface area contributed by atoms with E-state index in [1.165, 1.54) is 16.9 Å². The first-order valence-electron chi connectivity index (χ1n) is 4.60. The van der Waals surface area contributed by atoms with Gasteiger partial charge in [-0.3, -0.25) is 0 Å². The highest BCUT2D eigenvalue weighted by atomic mass is 79.9. The average Bonchev–Trinajstić information content (AvgIpc) is 2.68. The van der Waals surface area contributed by atoms with Crippen molar-refractivity contribution in [2.75, 3.05) is 12.3 Å². The van der Waals surface area contributed by atoms with Gasteiger partial charge >= 0.3 is 5.97 Å². The Bertz CT molecular complexity index is 552. The van der Waals surface area contributed by atoms with Crippen LogP contribution in [0.1, 0.15) is 17.3 Å². The van der Waals surface area contributed by atoms with Crippen LogP contribution in [-0.4, -0.2) is 27.2 Å². The normalized spacial score (nSPS) is 10.6. The maximum atomic E-state index is 11.5. The van der Waals surface area contributed by atoms with Crippen LogP contribution in [0.3, 0.4) is 0 Å². The number of rotatable bonds is 2. The highest BCUT2D eigenvalue weighted by Gasteiger charge is 2.16. The molecule has 0 saturated carbocycles. The molecule has 0 amide bonds. The zero-order valence-electron chi connectivity index (χ0n) is 8.48. The number of carbonyl (C=O) groups excluding carboxylic acids is 1. The number of halogens is 1. The summed E-state index contributed by atoms with van der Waals surface area (Å²) in [5.74, 6) is -0.0627. The summed E-state index contributed by atoms with van der Waals surface area (Å²) >= 11 is 3.23. The maximum Gasteiger partial charge on any atom is 0.343 e. The summed E-state index contributed by atoms with van der Waals surface area (Å²) in [6.45, 7) is 2.05. The molecule has 0 aromatic carbocycles. The zero-order chi connectivity index (χ0) is 11.7. The lowest BCUT2D eigenvalue weighted by atomic mass is 10.3. The average molecular weight is 285 g/mol. The zero-order valence-corrected chi connectivity index (χ0v) is 10.1. The highest BCUT2D eigenvalue weighted by molar-refractivity contribution is 9.10. The number of nitrogens with two attached hydrogens (primary N) is 1. The summed E-state index contributed by atoms with van der Waals surface area (Å²) in [5, 5.41) is 3.98. The fourth-order valence-corrected chi connectivity index (χ4v) is 1.55. The summed E-state index contributed by atoms with van der Waals surface area (Å²) in [6, 6.07) is 0. The second-order valence-corrected chi connectivity index (χ2v) is 3.86. The number of aromatic nitrogens is 3. The molecule has 0 atom stereocenters. The third kappa shape index (κ3) is 1.63. The molecule has 7 heteroatoms. The van der Waals surface area contributed by atoms with Crippen LogP contribution in [0.4, 0.5) is 5.82 Å². The Morgan fingerprint density at radius 3 is 3.06 bits per heavy atom. The molecule has 0 aliphatic heterocycles. The van der Waals surface area contributed by atoms with Crippen LogP contribution in [0, 0.1) is 0 Å². The Morgan fingerprint density at radius 1 is 1.62 bits per heavy atom. The number of ether oxygens (including phenoxy) is 1. The fourth-order valence-electron chi connectivity index (χ4n) is 1.28. The van der Waals surface area contributed by atoms with Gasteiger partial charge in [0.1, 0.15) is 11.4 Å². The molecular formula is C9H9BrN4O2. The molecule has 2 N–H and O–H groups in total. The molecule has 2 heterocycles. The molecule has 0 fully saturated rings. The van der Waals surface area contributed by atoms with E-state index in [9.17, 15) is 4.79 Å². The van der Waals surface area contributed by atoms with Crippen molar-refractivity contribution in [2.45, 2.75) is 6.92 Å². The molecule has 0 unspecified atom stereocenters. The number of carbonyl (C=O) groups is 1. The minimum Gasteiger partial charge on any atom is -0.462 e. The van der Waals surface area contributed by atoms with Gasteiger partial charge in [0.05, 0.1) is 17.3 Å². The van der Waals surface area contributed by atoms with Crippen molar-refractivity contribution in [2.24, 2.45) is 0 Å². The number of hydrogen-bond acceptors (Lipinski definition) is 5. The standard InChI is InChI=1S/C9H9BrN4O2/c1-2-16-9(15)5-3-13-14-7(11)6(10)4-12-8(5)14/h3-4H,2,11H2,1H3. The monoisotopic (exact) mass is 284 g/mol. The van der Waals surface area contributed by atoms with Gasteiger partial charge in [-0.25, -0.2) is 9.78 Å². The van der Waals surface area contributed by atoms with Crippen LogP contribution in [-0.2, 0) is 4.74 Å². The molecule has 2 aromatic heterocycles. The lowest BCUT2D eigenvalue weighted by Gasteiger charge is -2.02. The quantitative estimate of drug-likeness (QED) is 0.840. The van der Waals surface area contributed by atoms with Crippen molar-refractivity contribution in [3.05, 3.63) is 22.4 Å². The van der Waals surface area contributed by atoms with Crippen molar-refractivity contribution < 1.29 is 9.53 Å². The van der Waals surface area contributed by atoms with Crippen molar-refractivity contribution >= 4 is 33.4 Å². The van der Waals surface area contributed by atoms with Gasteiger partial charge in [0.25, 0.3) is 0 Å². The van der Waals surface area contributed by atoms with Gasteiger partial charge in [-0.2, -0.15) is 9.61 Å². The van der Waals surface area contributed by atoms with Crippen LogP contribution < -0.4 is 5.73 Å². The van der Waals surface area contributed by atoms with Gasteiger partial charge in [-0.15, -0.1) is 0 Å². The Labute approximate surface area is 99.5 Å². The molecule has 0 spiro atoms. The van der Waals surface area contributed by atoms with E-state index in [4.69, 9.17) is 10.5 Å². The molecule has 0 aliphatic carbocycles. The van der Waals surface area contributed by atoms with Crippen molar-refractivity contribution in [1.82, 2.24) is 14.6 Å². The van der Waals surface area contributed by atoms with Crippen LogP contribution in [0.2, 0.25) is 0 Å². The highest BCUT2D eigenvalue weighted by Crippen LogP contribution is 2.20. The Hall–Kier alpha value is -1.63. The largest absolute Gasteiger partial charge is 0.462 e. The smallest absolute Gasteiger partial charge is 0.343 e. The number of nitrogen functional groups attached to an aromatic ring is 1. The van der Waals surface area contributed by atoms with Crippen molar-refractivity contribution in [3.8, 4) is 0 Å². The predicted molar refractivity (Wildman–Crippen MR) is 61.1 cm³/mol. The lowest BCUT2D eigenvalue weighted by molar-refractivity contribution is 0.0528. The number of hydrogen-bond donors (Lipinski definition) is 1. The summed E-state index contributed by atoms with van der Waals surface area (Å²) in [6.07, 6.45) is 2.91. The van der Waals surface area contributed by atoms with Gasteiger partial charge in [-0.05, 0) is 22.9 Å². The molecule has 84 valence electrons. The first-order valence-corrected chi connectivity index (χ1v) is 5.39. The Balaban J connectivity index is 2.58. The van der Waals surface area contributed by atoms with Crippen LogP contribution >= 0.6 is 15.9 Å². The van der Waals surface area contributed by atoms with E-state index in [2.05, 4.69) is 26.0 Å². The van der Waals surface area contributed by atoms with E-state index < -0.39 is 5.97 Å². The first-order chi connectivity index (χ1) is 7.65. The molecule has 2 aromatic rings. The third-order valence-corrected chi connectivity index (χ3v) is 2.62. The molecule has 0 bridgehead atoms. The van der Waals surface area contributed by atoms with Gasteiger partial charge in [0, 0.05) is 6.20 Å². The van der Waals surface area contributed by atoms with E-state index in [1.807, 2.05) is 0 Å². The minimum atomic E-state index is -0.452. The van der Waals surface area contributed by atoms with E-state index >= 15 is 0 Å². The SMILES string of the molecule is CCOC(=O)c1cnn2c(N)c(Br)cnc12. The third-order valence-electron chi connectivity index (χ3n) is 2.01. The second kappa shape index (κ2) is 4.09. The number of fused-ring (bicyclic) bond motifs is 1. The van der Waals surface area contributed by atoms with Crippen molar-refractivity contribution in [1.29, 1.82) is 0 Å². The van der Waals surface area contributed by atoms with Crippen LogP contribution in [0.15, 0.2) is 16.9 Å². The topological polar surface area (TPSA) is 82.5 Å². The maximum absolute atomic E-state index is 11.5. The molecule has 0 aliphatic rings. The number of anilines is 1. The summed E-state index contributed by atoms with van der Waals surface area (Å²) < 4.78 is 6.89. The summed E-state index contributed by atoms with van der Waals surface area (Å²) in [5.41, 5.74) is 6.46. The molecule has 2 rings (SSSR count). The number of nitrogens with zero attached hydrogens (tertiary/aromatic N) is 3. The molecule has 16 heavy (non-hydrogen) atoms. The van der Waals surface area contributed by atoms with E-state index in [0.717, 1.165) is 0 Å². The lowest BCUT2D eigenvalue weighted by Crippen LogP contribution is -2.06. The van der Waals surface area contributed by atoms with Gasteiger partial charge in [0.15, 0.2) is 5.65 Å². The molecular weight excluding hydrogens is 276 g/mol. The Kier molecular flexibility index (Phi) is 2.78. The summed E-state index contributed by atoms with van der Waals surface area (Å²) in [4.78, 5) is 15.6. The fraction of sp³-hybridized carbons (Fsp3) is 0.222. The molecule has 0 radical (unpaired) electrons. The Morgan fingerprint density at radius 2 is 2.38 bits per heavy atom. The van der Waals surface area contributed by atoms with Gasteiger partial charge < -0.3 is 10.5 Å². The number of esters is 1. The van der Waals surface area contributed by atoms with Gasteiger partial charge in [0.2, 0.25) is 0 Å². The van der Waals surface area contributed by atoms with Crippen LogP contribution in [0.25, 0.3) is 5.65 Å². The van der Waals surface area contributed by atoms with E-state index in [-0.39, 0.29) is 0 Å². The summed E-state index contributed by atoms with van der Waals surface area (Å²) in [7, 11) is 0. The van der Waals surface area contributed by atoms with Gasteiger partial charge in [-0.1, -0.05) is 0 Å². The molecule has 0 saturated heterocycles. The first kappa shape index (κ1) is 10.9. The second-order valence-electron chi connectivity index (χ2n) is 3.01. The van der Waals surface area contributed by atoms with Crippen molar-refractivity contribution in [3.63, 3.8) is 0 Å². The minimum absolute atomic E-state index is 0.307.